The fourth-order valence-corrected chi connectivity index (χ4v) is 6.34. The number of esters is 1. The van der Waals surface area contributed by atoms with Crippen LogP contribution < -0.4 is 5.32 Å². The van der Waals surface area contributed by atoms with E-state index >= 15 is 0 Å². The molecule has 0 aromatic heterocycles. The quantitative estimate of drug-likeness (QED) is 0.292. The average Bonchev–Trinajstić information content (AvgIpc) is 3.75. The average molecular weight is 494 g/mol. The lowest BCUT2D eigenvalue weighted by Crippen LogP contribution is -2.56. The van der Waals surface area contributed by atoms with E-state index in [2.05, 4.69) is 32.2 Å². The van der Waals surface area contributed by atoms with Gasteiger partial charge in [-0.1, -0.05) is 11.6 Å². The maximum Gasteiger partial charge on any atom is 0.407 e. The number of hydrogen-bond acceptors (Lipinski definition) is 7. The molecule has 2 saturated carbocycles. The molecular formula is C27H43NO7. The number of hydrogen-bond donors (Lipinski definition) is 1. The summed E-state index contributed by atoms with van der Waals surface area (Å²) in [5.74, 6) is 0.261. The van der Waals surface area contributed by atoms with Crippen LogP contribution in [-0.2, 0) is 28.5 Å². The maximum absolute atomic E-state index is 12.7. The number of epoxide rings is 2. The van der Waals surface area contributed by atoms with Crippen molar-refractivity contribution in [1.29, 1.82) is 0 Å². The lowest BCUT2D eigenvalue weighted by Gasteiger charge is -2.42. The number of carbonyl (C=O) groups is 2. The molecule has 2 heterocycles. The summed E-state index contributed by atoms with van der Waals surface area (Å²) >= 11 is 0. The summed E-state index contributed by atoms with van der Waals surface area (Å²) in [7, 11) is 1.69. The molecule has 0 unspecified atom stereocenters. The number of alkyl carbamates (subject to hydrolysis) is 1. The highest BCUT2D eigenvalue weighted by Crippen LogP contribution is 2.59. The summed E-state index contributed by atoms with van der Waals surface area (Å²) in [5.41, 5.74) is 0.696. The number of rotatable bonds is 9. The van der Waals surface area contributed by atoms with Crippen molar-refractivity contribution >= 4 is 12.1 Å². The Kier molecular flexibility index (Phi) is 8.13. The van der Waals surface area contributed by atoms with Gasteiger partial charge in [-0.05, 0) is 78.6 Å². The van der Waals surface area contributed by atoms with E-state index in [1.165, 1.54) is 5.57 Å². The predicted molar refractivity (Wildman–Crippen MR) is 130 cm³/mol. The van der Waals surface area contributed by atoms with Gasteiger partial charge in [0, 0.05) is 13.7 Å². The third-order valence-electron chi connectivity index (χ3n) is 8.50. The Hall–Kier alpha value is -1.64. The second kappa shape index (κ2) is 10.8. The van der Waals surface area contributed by atoms with Gasteiger partial charge in [0.15, 0.2) is 0 Å². The Bertz CT molecular complexity index is 797. The predicted octanol–water partition coefficient (Wildman–Crippen LogP) is 4.16. The van der Waals surface area contributed by atoms with Gasteiger partial charge >= 0.3 is 12.1 Å². The Morgan fingerprint density at radius 2 is 1.86 bits per heavy atom. The zero-order valence-electron chi connectivity index (χ0n) is 22.0. The molecule has 4 rings (SSSR count). The summed E-state index contributed by atoms with van der Waals surface area (Å²) in [4.78, 5) is 24.7. The van der Waals surface area contributed by atoms with Crippen molar-refractivity contribution in [2.45, 2.75) is 102 Å². The first-order chi connectivity index (χ1) is 16.7. The van der Waals surface area contributed by atoms with Crippen LogP contribution >= 0.6 is 0 Å². The first-order valence-electron chi connectivity index (χ1n) is 13.3. The highest BCUT2D eigenvalue weighted by atomic mass is 16.6. The summed E-state index contributed by atoms with van der Waals surface area (Å²) < 4.78 is 29.2. The molecule has 8 heteroatoms. The van der Waals surface area contributed by atoms with E-state index in [1.54, 1.807) is 7.11 Å². The van der Waals surface area contributed by atoms with Crippen molar-refractivity contribution in [3.05, 3.63) is 11.6 Å². The topological polar surface area (TPSA) is 98.9 Å². The van der Waals surface area contributed by atoms with E-state index in [1.807, 2.05) is 6.92 Å². The van der Waals surface area contributed by atoms with E-state index in [-0.39, 0.29) is 47.3 Å². The van der Waals surface area contributed by atoms with Crippen LogP contribution in [0.5, 0.6) is 0 Å². The van der Waals surface area contributed by atoms with Crippen LogP contribution in [0.25, 0.3) is 0 Å². The second-order valence-corrected chi connectivity index (χ2v) is 11.2. The molecule has 2 aliphatic heterocycles. The van der Waals surface area contributed by atoms with Gasteiger partial charge in [0.1, 0.15) is 23.4 Å². The number of carbonyl (C=O) groups excluding carboxylic acids is 2. The normalized spacial score (nSPS) is 40.0. The van der Waals surface area contributed by atoms with Crippen molar-refractivity contribution in [2.75, 3.05) is 26.9 Å². The maximum atomic E-state index is 12.7. The monoisotopic (exact) mass is 493 g/mol. The van der Waals surface area contributed by atoms with Crippen LogP contribution in [0.1, 0.15) is 72.6 Å². The van der Waals surface area contributed by atoms with Crippen molar-refractivity contribution in [1.82, 2.24) is 5.32 Å². The molecule has 2 saturated heterocycles. The summed E-state index contributed by atoms with van der Waals surface area (Å²) in [6.07, 6.45) is 7.14. The van der Waals surface area contributed by atoms with Crippen molar-refractivity contribution in [3.63, 3.8) is 0 Å². The van der Waals surface area contributed by atoms with Gasteiger partial charge in [-0.25, -0.2) is 4.79 Å². The van der Waals surface area contributed by atoms with E-state index in [4.69, 9.17) is 23.7 Å². The van der Waals surface area contributed by atoms with Crippen LogP contribution in [0, 0.1) is 17.8 Å². The first-order valence-corrected chi connectivity index (χ1v) is 13.3. The minimum Gasteiger partial charge on any atom is -0.466 e. The van der Waals surface area contributed by atoms with Crippen molar-refractivity contribution in [3.8, 4) is 0 Å². The highest BCUT2D eigenvalue weighted by Gasteiger charge is 2.72. The van der Waals surface area contributed by atoms with Crippen LogP contribution in [0.4, 0.5) is 4.79 Å². The van der Waals surface area contributed by atoms with Gasteiger partial charge in [0.05, 0.1) is 31.2 Å². The SMILES string of the molecule is CCOC(=O)C1CCC(CNC(=O)O[C@@H]2CC[C@]3(CO3)[C@@H]([C@@]3(C)O[C@@H]3CC=C(C)C)[C@@H]2OC)CC1. The largest absolute Gasteiger partial charge is 0.466 e. The fourth-order valence-electron chi connectivity index (χ4n) is 6.34. The molecule has 198 valence electrons. The van der Waals surface area contributed by atoms with Gasteiger partial charge in [-0.15, -0.1) is 0 Å². The van der Waals surface area contributed by atoms with Gasteiger partial charge < -0.3 is 29.0 Å². The zero-order valence-corrected chi connectivity index (χ0v) is 22.0. The molecule has 6 atom stereocenters. The molecule has 1 spiro atoms. The molecule has 1 amide bonds. The molecule has 0 bridgehead atoms. The third-order valence-corrected chi connectivity index (χ3v) is 8.50. The van der Waals surface area contributed by atoms with Gasteiger partial charge in [0.2, 0.25) is 0 Å². The second-order valence-electron chi connectivity index (χ2n) is 11.2. The third kappa shape index (κ3) is 5.86. The van der Waals surface area contributed by atoms with Gasteiger partial charge in [-0.2, -0.15) is 0 Å². The molecule has 0 aromatic rings. The Balaban J connectivity index is 1.29. The first kappa shape index (κ1) is 26.4. The molecule has 0 radical (unpaired) electrons. The van der Waals surface area contributed by atoms with Crippen LogP contribution in [0.15, 0.2) is 11.6 Å². The summed E-state index contributed by atoms with van der Waals surface area (Å²) in [6, 6.07) is 0. The van der Waals surface area contributed by atoms with E-state index < -0.39 is 6.09 Å². The van der Waals surface area contributed by atoms with Gasteiger partial charge in [0.25, 0.3) is 0 Å². The van der Waals surface area contributed by atoms with E-state index in [0.717, 1.165) is 38.5 Å². The number of ether oxygens (including phenoxy) is 5. The summed E-state index contributed by atoms with van der Waals surface area (Å²) in [5, 5.41) is 2.96. The minimum absolute atomic E-state index is 0.0108. The lowest BCUT2D eigenvalue weighted by molar-refractivity contribution is -0.149. The Morgan fingerprint density at radius 3 is 2.46 bits per heavy atom. The molecule has 4 aliphatic rings. The number of nitrogens with one attached hydrogen (secondary N) is 1. The van der Waals surface area contributed by atoms with E-state index in [0.29, 0.717) is 32.1 Å². The lowest BCUT2D eigenvalue weighted by atomic mass is 9.68. The van der Waals surface area contributed by atoms with E-state index in [9.17, 15) is 9.59 Å². The smallest absolute Gasteiger partial charge is 0.407 e. The Morgan fingerprint density at radius 1 is 1.14 bits per heavy atom. The zero-order chi connectivity index (χ0) is 25.2. The number of methoxy groups -OCH3 is 1. The highest BCUT2D eigenvalue weighted by molar-refractivity contribution is 5.72. The van der Waals surface area contributed by atoms with Crippen LogP contribution in [-0.4, -0.2) is 68.4 Å². The molecule has 35 heavy (non-hydrogen) atoms. The standard InChI is InChI=1S/C27H43NO7/c1-6-32-24(29)19-10-8-18(9-11-19)15-28-25(30)34-20-13-14-27(16-33-27)23(22(20)31-5)26(4)21(35-26)12-7-17(2)3/h7,18-23H,6,8-16H2,1-5H3,(H,28,30)/t18?,19?,20-,21-,22-,23-,26+,27+/m1/s1. The van der Waals surface area contributed by atoms with Crippen molar-refractivity contribution < 1.29 is 33.3 Å². The molecule has 1 N–H and O–H groups in total. The molecule has 8 nitrogen and oxygen atoms in total. The fraction of sp³-hybridized carbons (Fsp3) is 0.852. The molecule has 0 aromatic carbocycles. The number of amides is 1. The Labute approximate surface area is 209 Å². The van der Waals surface area contributed by atoms with Crippen LogP contribution in [0.2, 0.25) is 0 Å². The van der Waals surface area contributed by atoms with Crippen LogP contribution in [0.3, 0.4) is 0 Å². The molecule has 2 aliphatic carbocycles. The molecule has 4 fully saturated rings. The minimum atomic E-state index is -0.404. The number of allylic oxidation sites excluding steroid dienone is 1. The van der Waals surface area contributed by atoms with Crippen molar-refractivity contribution in [2.24, 2.45) is 17.8 Å². The van der Waals surface area contributed by atoms with Gasteiger partial charge in [-0.3, -0.25) is 4.79 Å². The molecular weight excluding hydrogens is 450 g/mol. The summed E-state index contributed by atoms with van der Waals surface area (Å²) in [6.45, 7) is 9.86.